The summed E-state index contributed by atoms with van der Waals surface area (Å²) in [5.41, 5.74) is 2.76. The van der Waals surface area contributed by atoms with Crippen LogP contribution in [0.15, 0.2) is 60.7 Å². The van der Waals surface area contributed by atoms with Crippen LogP contribution in [0.4, 0.5) is 5.69 Å². The van der Waals surface area contributed by atoms with Crippen molar-refractivity contribution in [1.29, 1.82) is 0 Å². The van der Waals surface area contributed by atoms with Gasteiger partial charge in [-0.25, -0.2) is 0 Å². The Hall–Kier alpha value is -1.33. The molecule has 0 aliphatic heterocycles. The molecule has 0 saturated heterocycles. The molecule has 0 aromatic heterocycles. The third-order valence-electron chi connectivity index (χ3n) is 3.13. The van der Waals surface area contributed by atoms with E-state index in [1.807, 2.05) is 0 Å². The maximum atomic E-state index is 2.45. The summed E-state index contributed by atoms with van der Waals surface area (Å²) in [7, 11) is 2.08. The van der Waals surface area contributed by atoms with Gasteiger partial charge in [0.15, 0.2) is 0 Å². The molecule has 0 N–H and O–H groups in total. The maximum Gasteiger partial charge on any atom is 0.0396 e. The van der Waals surface area contributed by atoms with E-state index in [2.05, 4.69) is 79.3 Å². The van der Waals surface area contributed by atoms with Crippen LogP contribution in [-0.4, -0.2) is 13.2 Å². The lowest BCUT2D eigenvalue weighted by atomic mass is 10.2. The zero-order chi connectivity index (χ0) is 12.8. The smallest absolute Gasteiger partial charge is 0.0396 e. The Labute approximate surface area is 111 Å². The van der Waals surface area contributed by atoms with Crippen molar-refractivity contribution >= 4 is 13.8 Å². The number of hydrogen-bond donors (Lipinski definition) is 0. The van der Waals surface area contributed by atoms with E-state index in [0.717, 1.165) is 6.16 Å². The summed E-state index contributed by atoms with van der Waals surface area (Å²) in [4.78, 5) is 0. The number of para-hydroxylation sites is 1. The monoisotopic (exact) mass is 257 g/mol. The molecule has 1 nitrogen and oxygen atoms in total. The normalized spacial score (nSPS) is 12.1. The Morgan fingerprint density at radius 3 is 2.00 bits per heavy atom. The average Bonchev–Trinajstić information content (AvgIpc) is 2.46. The zero-order valence-corrected chi connectivity index (χ0v) is 12.0. The molecule has 0 radical (unpaired) electrons. The highest BCUT2D eigenvalue weighted by molar-refractivity contribution is 7.58. The van der Waals surface area contributed by atoms with Gasteiger partial charge in [0.25, 0.3) is 0 Å². The molecule has 1 atom stereocenters. The maximum absolute atomic E-state index is 2.45. The molecule has 2 aromatic carbocycles. The molecule has 0 heterocycles. The van der Waals surface area contributed by atoms with Crippen LogP contribution >= 0.6 is 8.07 Å². The molecular weight excluding hydrogens is 237 g/mol. The summed E-state index contributed by atoms with van der Waals surface area (Å²) in [6, 6.07) is 21.5. The highest BCUT2D eigenvalue weighted by Gasteiger charge is 2.13. The lowest BCUT2D eigenvalue weighted by Gasteiger charge is -2.29. The van der Waals surface area contributed by atoms with Crippen molar-refractivity contribution in [3.05, 3.63) is 66.2 Å². The second-order valence-electron chi connectivity index (χ2n) is 4.33. The fourth-order valence-electron chi connectivity index (χ4n) is 2.03. The van der Waals surface area contributed by atoms with Crippen molar-refractivity contribution < 1.29 is 0 Å². The predicted molar refractivity (Wildman–Crippen MR) is 82.5 cm³/mol. The molecule has 0 amide bonds. The van der Waals surface area contributed by atoms with Crippen molar-refractivity contribution in [2.45, 2.75) is 13.1 Å². The summed E-state index contributed by atoms with van der Waals surface area (Å²) in [6.07, 6.45) is 2.38. The van der Waals surface area contributed by atoms with E-state index in [1.54, 1.807) is 0 Å². The third-order valence-corrected chi connectivity index (χ3v) is 5.67. The van der Waals surface area contributed by atoms with Gasteiger partial charge >= 0.3 is 0 Å². The van der Waals surface area contributed by atoms with Crippen LogP contribution in [0.25, 0.3) is 0 Å². The number of benzene rings is 2. The summed E-state index contributed by atoms with van der Waals surface area (Å²) < 4.78 is 2.45. The Kier molecular flexibility index (Phi) is 4.78. The highest BCUT2D eigenvalue weighted by atomic mass is 31.1. The summed E-state index contributed by atoms with van der Waals surface area (Å²) in [5.74, 6) is 0. The minimum atomic E-state index is -0.139. The first-order valence-electron chi connectivity index (χ1n) is 6.39. The molecule has 1 unspecified atom stereocenters. The van der Waals surface area contributed by atoms with E-state index in [0.29, 0.717) is 0 Å². The van der Waals surface area contributed by atoms with Crippen LogP contribution in [0, 0.1) is 0 Å². The average molecular weight is 257 g/mol. The van der Waals surface area contributed by atoms with Crippen LogP contribution < -0.4 is 4.67 Å². The topological polar surface area (TPSA) is 3.24 Å². The summed E-state index contributed by atoms with van der Waals surface area (Å²) in [6.45, 7) is 2.29. The first kappa shape index (κ1) is 13.1. The molecule has 0 saturated carbocycles. The van der Waals surface area contributed by atoms with Gasteiger partial charge in [0.1, 0.15) is 0 Å². The highest BCUT2D eigenvalue weighted by Crippen LogP contribution is 2.44. The van der Waals surface area contributed by atoms with Crippen LogP contribution in [0.3, 0.4) is 0 Å². The van der Waals surface area contributed by atoms with Gasteiger partial charge in [0.2, 0.25) is 0 Å². The minimum absolute atomic E-state index is 0.139. The van der Waals surface area contributed by atoms with Gasteiger partial charge in [-0.2, -0.15) is 0 Å². The van der Waals surface area contributed by atoms with E-state index < -0.39 is 0 Å². The van der Waals surface area contributed by atoms with E-state index in [9.17, 15) is 0 Å². The van der Waals surface area contributed by atoms with Crippen LogP contribution in [0.2, 0.25) is 0 Å². The van der Waals surface area contributed by atoms with Gasteiger partial charge < -0.3 is 4.67 Å². The lowest BCUT2D eigenvalue weighted by molar-refractivity contribution is 1.25. The summed E-state index contributed by atoms with van der Waals surface area (Å²) >= 11 is 0. The predicted octanol–water partition coefficient (Wildman–Crippen LogP) is 4.74. The van der Waals surface area contributed by atoms with Crippen LogP contribution in [0.5, 0.6) is 0 Å². The van der Waals surface area contributed by atoms with Gasteiger partial charge in [-0.1, -0.05) is 55.5 Å². The van der Waals surface area contributed by atoms with Crippen molar-refractivity contribution in [1.82, 2.24) is 0 Å². The zero-order valence-electron chi connectivity index (χ0n) is 11.1. The first-order valence-corrected chi connectivity index (χ1v) is 8.05. The van der Waals surface area contributed by atoms with Crippen LogP contribution in [0.1, 0.15) is 12.5 Å². The lowest BCUT2D eigenvalue weighted by Crippen LogP contribution is -2.12. The summed E-state index contributed by atoms with van der Waals surface area (Å²) in [5, 5.41) is 0. The second kappa shape index (κ2) is 6.56. The second-order valence-corrected chi connectivity index (χ2v) is 6.89. The van der Waals surface area contributed by atoms with E-state index in [1.165, 1.54) is 17.4 Å². The first-order chi connectivity index (χ1) is 8.81. The Balaban J connectivity index is 2.09. The fraction of sp³-hybridized carbons (Fsp3) is 0.250. The molecule has 0 aliphatic carbocycles. The molecule has 2 rings (SSSR count). The quantitative estimate of drug-likeness (QED) is 0.699. The number of nitrogens with zero attached hydrogens (tertiary/aromatic N) is 1. The van der Waals surface area contributed by atoms with E-state index in [-0.39, 0.29) is 8.07 Å². The molecule has 0 aliphatic rings. The minimum Gasteiger partial charge on any atom is -0.353 e. The largest absolute Gasteiger partial charge is 0.353 e. The van der Waals surface area contributed by atoms with Gasteiger partial charge in [-0.05, 0) is 31.9 Å². The third kappa shape index (κ3) is 3.34. The van der Waals surface area contributed by atoms with Gasteiger partial charge in [0.05, 0.1) is 0 Å². The molecule has 94 valence electrons. The van der Waals surface area contributed by atoms with Crippen molar-refractivity contribution in [2.24, 2.45) is 0 Å². The molecular formula is C16H20NP. The fourth-order valence-corrected chi connectivity index (χ4v) is 3.98. The van der Waals surface area contributed by atoms with E-state index in [4.69, 9.17) is 0 Å². The van der Waals surface area contributed by atoms with Crippen molar-refractivity contribution in [3.63, 3.8) is 0 Å². The molecule has 0 spiro atoms. The molecule has 0 fully saturated rings. The molecule has 2 aromatic rings. The molecule has 2 heteroatoms. The molecule has 18 heavy (non-hydrogen) atoms. The number of hydrogen-bond acceptors (Lipinski definition) is 1. The standard InChI is InChI=1S/C16H20NP/c1-3-18(14-15-10-6-4-7-11-15)17(2)16-12-8-5-9-13-16/h4-13H,3,14H2,1-2H3. The van der Waals surface area contributed by atoms with Crippen molar-refractivity contribution in [3.8, 4) is 0 Å². The van der Waals surface area contributed by atoms with E-state index >= 15 is 0 Å². The Bertz CT molecular complexity index is 455. The van der Waals surface area contributed by atoms with Gasteiger partial charge in [0, 0.05) is 18.9 Å². The molecule has 0 bridgehead atoms. The Morgan fingerprint density at radius 2 is 1.44 bits per heavy atom. The number of anilines is 1. The van der Waals surface area contributed by atoms with Gasteiger partial charge in [-0.15, -0.1) is 0 Å². The van der Waals surface area contributed by atoms with Gasteiger partial charge in [-0.3, -0.25) is 0 Å². The Morgan fingerprint density at radius 1 is 0.889 bits per heavy atom. The van der Waals surface area contributed by atoms with Crippen molar-refractivity contribution in [2.75, 3.05) is 17.9 Å². The SMILES string of the molecule is CCP(Cc1ccccc1)N(C)c1ccccc1. The number of rotatable bonds is 5. The van der Waals surface area contributed by atoms with Crippen LogP contribution in [-0.2, 0) is 6.16 Å².